The molecule has 0 spiro atoms. The van der Waals surface area contributed by atoms with E-state index in [-0.39, 0.29) is 0 Å². The molecule has 1 unspecified atom stereocenters. The average Bonchev–Trinajstić information content (AvgIpc) is 3.03. The first kappa shape index (κ1) is 11.1. The fraction of sp³-hybridized carbons (Fsp3) is 0.500. The van der Waals surface area contributed by atoms with Gasteiger partial charge in [-0.2, -0.15) is 0 Å². The maximum absolute atomic E-state index is 5.78. The third kappa shape index (κ3) is 3.30. The lowest BCUT2D eigenvalue weighted by molar-refractivity contribution is 0.522. The van der Waals surface area contributed by atoms with Crippen LogP contribution in [0.5, 0.6) is 0 Å². The van der Waals surface area contributed by atoms with Crippen LogP contribution < -0.4 is 11.1 Å². The Morgan fingerprint density at radius 1 is 1.47 bits per heavy atom. The fourth-order valence-electron chi connectivity index (χ4n) is 1.69. The summed E-state index contributed by atoms with van der Waals surface area (Å²) < 4.78 is 1.12. The van der Waals surface area contributed by atoms with Crippen molar-refractivity contribution in [1.29, 1.82) is 0 Å². The number of halogens is 1. The highest BCUT2D eigenvalue weighted by Crippen LogP contribution is 2.28. The molecule has 2 rings (SSSR count). The largest absolute Gasteiger partial charge is 0.329 e. The highest BCUT2D eigenvalue weighted by molar-refractivity contribution is 9.10. The Kier molecular flexibility index (Phi) is 3.78. The maximum atomic E-state index is 5.78. The molecule has 1 saturated carbocycles. The second kappa shape index (κ2) is 5.10. The van der Waals surface area contributed by atoms with E-state index in [1.54, 1.807) is 0 Å². The molecule has 0 aliphatic heterocycles. The van der Waals surface area contributed by atoms with Gasteiger partial charge in [0.15, 0.2) is 0 Å². The van der Waals surface area contributed by atoms with Gasteiger partial charge in [0.2, 0.25) is 0 Å². The summed E-state index contributed by atoms with van der Waals surface area (Å²) in [4.78, 5) is 0. The van der Waals surface area contributed by atoms with Crippen LogP contribution in [-0.4, -0.2) is 13.1 Å². The molecule has 0 heterocycles. The second-order valence-corrected chi connectivity index (χ2v) is 5.11. The van der Waals surface area contributed by atoms with Gasteiger partial charge in [-0.3, -0.25) is 0 Å². The maximum Gasteiger partial charge on any atom is 0.0445 e. The van der Waals surface area contributed by atoms with Gasteiger partial charge in [0.05, 0.1) is 0 Å². The minimum atomic E-state index is 0.295. The molecule has 0 radical (unpaired) electrons. The van der Waals surface area contributed by atoms with E-state index in [9.17, 15) is 0 Å². The predicted octanol–water partition coefficient (Wildman–Crippen LogP) is 2.45. The predicted molar refractivity (Wildman–Crippen MR) is 66.7 cm³/mol. The standard InChI is InChI=1S/C12H17BrN2/c13-11-3-1-2-10(6-11)12(7-14)15-8-9-4-5-9/h1-3,6,9,12,15H,4-5,7-8,14H2. The van der Waals surface area contributed by atoms with Crippen LogP contribution in [0.15, 0.2) is 28.7 Å². The van der Waals surface area contributed by atoms with Gasteiger partial charge in [0.25, 0.3) is 0 Å². The van der Waals surface area contributed by atoms with Crippen molar-refractivity contribution in [3.8, 4) is 0 Å². The Morgan fingerprint density at radius 3 is 2.87 bits per heavy atom. The minimum absolute atomic E-state index is 0.295. The van der Waals surface area contributed by atoms with Crippen LogP contribution in [0.2, 0.25) is 0 Å². The molecule has 82 valence electrons. The summed E-state index contributed by atoms with van der Waals surface area (Å²) in [5.41, 5.74) is 7.05. The molecule has 1 aromatic carbocycles. The summed E-state index contributed by atoms with van der Waals surface area (Å²) in [5.74, 6) is 0.895. The number of rotatable bonds is 5. The molecule has 0 bridgehead atoms. The van der Waals surface area contributed by atoms with Crippen LogP contribution in [0.4, 0.5) is 0 Å². The Morgan fingerprint density at radius 2 is 2.27 bits per heavy atom. The number of benzene rings is 1. The zero-order chi connectivity index (χ0) is 10.7. The van der Waals surface area contributed by atoms with Crippen molar-refractivity contribution in [3.05, 3.63) is 34.3 Å². The lowest BCUT2D eigenvalue weighted by Crippen LogP contribution is -2.29. The Labute approximate surface area is 99.4 Å². The summed E-state index contributed by atoms with van der Waals surface area (Å²) in [6, 6.07) is 8.65. The van der Waals surface area contributed by atoms with Gasteiger partial charge in [-0.05, 0) is 43.0 Å². The third-order valence-corrected chi connectivity index (χ3v) is 3.33. The van der Waals surface area contributed by atoms with E-state index < -0.39 is 0 Å². The first-order valence-electron chi connectivity index (χ1n) is 5.48. The van der Waals surface area contributed by atoms with Crippen molar-refractivity contribution >= 4 is 15.9 Å². The SMILES string of the molecule is NCC(NCC1CC1)c1cccc(Br)c1. The first-order valence-corrected chi connectivity index (χ1v) is 6.28. The van der Waals surface area contributed by atoms with Crippen LogP contribution in [-0.2, 0) is 0 Å². The molecule has 15 heavy (non-hydrogen) atoms. The van der Waals surface area contributed by atoms with Crippen molar-refractivity contribution in [2.45, 2.75) is 18.9 Å². The number of hydrogen-bond acceptors (Lipinski definition) is 2. The van der Waals surface area contributed by atoms with E-state index in [2.05, 4.69) is 39.4 Å². The summed E-state index contributed by atoms with van der Waals surface area (Å²) in [6.07, 6.45) is 2.76. The molecule has 1 aliphatic carbocycles. The van der Waals surface area contributed by atoms with Crippen molar-refractivity contribution in [2.24, 2.45) is 11.7 Å². The average molecular weight is 269 g/mol. The molecule has 1 aliphatic rings. The Hall–Kier alpha value is -0.380. The monoisotopic (exact) mass is 268 g/mol. The number of nitrogens with one attached hydrogen (secondary N) is 1. The normalized spacial score (nSPS) is 17.7. The quantitative estimate of drug-likeness (QED) is 0.861. The summed E-state index contributed by atoms with van der Waals surface area (Å²) in [6.45, 7) is 1.76. The summed E-state index contributed by atoms with van der Waals surface area (Å²) >= 11 is 3.48. The lowest BCUT2D eigenvalue weighted by Gasteiger charge is -2.17. The van der Waals surface area contributed by atoms with Crippen LogP contribution in [0.3, 0.4) is 0 Å². The second-order valence-electron chi connectivity index (χ2n) is 4.19. The molecule has 0 amide bonds. The molecular formula is C12H17BrN2. The van der Waals surface area contributed by atoms with Crippen molar-refractivity contribution in [2.75, 3.05) is 13.1 Å². The van der Waals surface area contributed by atoms with Gasteiger partial charge in [0, 0.05) is 17.1 Å². The van der Waals surface area contributed by atoms with E-state index in [0.717, 1.165) is 16.9 Å². The molecule has 1 aromatic rings. The third-order valence-electron chi connectivity index (χ3n) is 2.84. The van der Waals surface area contributed by atoms with E-state index in [4.69, 9.17) is 5.73 Å². The highest BCUT2D eigenvalue weighted by Gasteiger charge is 2.22. The van der Waals surface area contributed by atoms with E-state index in [0.29, 0.717) is 12.6 Å². The zero-order valence-corrected chi connectivity index (χ0v) is 10.3. The van der Waals surface area contributed by atoms with Gasteiger partial charge < -0.3 is 11.1 Å². The van der Waals surface area contributed by atoms with Crippen LogP contribution in [0.25, 0.3) is 0 Å². The van der Waals surface area contributed by atoms with Crippen LogP contribution >= 0.6 is 15.9 Å². The van der Waals surface area contributed by atoms with Gasteiger partial charge in [-0.1, -0.05) is 28.1 Å². The highest BCUT2D eigenvalue weighted by atomic mass is 79.9. The smallest absolute Gasteiger partial charge is 0.0445 e. The molecule has 3 N–H and O–H groups in total. The zero-order valence-electron chi connectivity index (χ0n) is 8.75. The number of nitrogens with two attached hydrogens (primary N) is 1. The van der Waals surface area contributed by atoms with Gasteiger partial charge >= 0.3 is 0 Å². The minimum Gasteiger partial charge on any atom is -0.329 e. The number of hydrogen-bond donors (Lipinski definition) is 2. The molecule has 0 saturated heterocycles. The molecular weight excluding hydrogens is 252 g/mol. The van der Waals surface area contributed by atoms with E-state index in [1.165, 1.54) is 18.4 Å². The van der Waals surface area contributed by atoms with Gasteiger partial charge in [0.1, 0.15) is 0 Å². The summed E-state index contributed by atoms with van der Waals surface area (Å²) in [5, 5.41) is 3.53. The van der Waals surface area contributed by atoms with Crippen molar-refractivity contribution in [3.63, 3.8) is 0 Å². The van der Waals surface area contributed by atoms with Gasteiger partial charge in [-0.25, -0.2) is 0 Å². The lowest BCUT2D eigenvalue weighted by atomic mass is 10.1. The van der Waals surface area contributed by atoms with Crippen LogP contribution in [0.1, 0.15) is 24.4 Å². The molecule has 3 heteroatoms. The molecule has 2 nitrogen and oxygen atoms in total. The van der Waals surface area contributed by atoms with E-state index in [1.807, 2.05) is 6.07 Å². The Bertz CT molecular complexity index is 323. The van der Waals surface area contributed by atoms with Crippen LogP contribution in [0, 0.1) is 5.92 Å². The van der Waals surface area contributed by atoms with Gasteiger partial charge in [-0.15, -0.1) is 0 Å². The molecule has 0 aromatic heterocycles. The summed E-state index contributed by atoms with van der Waals surface area (Å²) in [7, 11) is 0. The molecule has 1 fully saturated rings. The Balaban J connectivity index is 1.97. The topological polar surface area (TPSA) is 38.0 Å². The molecule has 1 atom stereocenters. The first-order chi connectivity index (χ1) is 7.29. The van der Waals surface area contributed by atoms with Crippen molar-refractivity contribution < 1.29 is 0 Å². The van der Waals surface area contributed by atoms with E-state index >= 15 is 0 Å². The van der Waals surface area contributed by atoms with Crippen molar-refractivity contribution in [1.82, 2.24) is 5.32 Å². The fourth-order valence-corrected chi connectivity index (χ4v) is 2.11.